The van der Waals surface area contributed by atoms with E-state index < -0.39 is 0 Å². The number of likely N-dealkylation sites (N-methyl/N-ethyl adjacent to an activating group) is 1. The van der Waals surface area contributed by atoms with Crippen LogP contribution in [0.4, 0.5) is 0 Å². The molecular weight excluding hydrogens is 204 g/mol. The third kappa shape index (κ3) is 2.43. The van der Waals surface area contributed by atoms with Crippen LogP contribution in [-0.4, -0.2) is 54.2 Å². The topological polar surface area (TPSA) is 40.6 Å². The number of carbonyl (C=O) groups is 2. The molecule has 0 spiro atoms. The SMILES string of the molecule is CN(CC(=O)N1CCCC1)C1CCCC1=O. The number of amides is 1. The Bertz CT molecular complexity index is 285. The van der Waals surface area contributed by atoms with E-state index >= 15 is 0 Å². The lowest BCUT2D eigenvalue weighted by Gasteiger charge is -2.25. The van der Waals surface area contributed by atoms with Crippen molar-refractivity contribution in [3.05, 3.63) is 0 Å². The van der Waals surface area contributed by atoms with E-state index in [4.69, 9.17) is 0 Å². The molecule has 16 heavy (non-hydrogen) atoms. The summed E-state index contributed by atoms with van der Waals surface area (Å²) in [5, 5.41) is 0. The predicted octanol–water partition coefficient (Wildman–Crippen LogP) is 0.662. The highest BCUT2D eigenvalue weighted by Gasteiger charge is 2.30. The number of hydrogen-bond donors (Lipinski definition) is 0. The number of rotatable bonds is 3. The standard InChI is InChI=1S/C12H20N2O2/c1-13(10-5-4-6-11(10)15)9-12(16)14-7-2-3-8-14/h10H,2-9H2,1H3. The largest absolute Gasteiger partial charge is 0.342 e. The average molecular weight is 224 g/mol. The van der Waals surface area contributed by atoms with Crippen LogP contribution in [0.15, 0.2) is 0 Å². The van der Waals surface area contributed by atoms with Crippen LogP contribution in [0, 0.1) is 0 Å². The van der Waals surface area contributed by atoms with Gasteiger partial charge in [0.05, 0.1) is 12.6 Å². The summed E-state index contributed by atoms with van der Waals surface area (Å²) in [4.78, 5) is 27.3. The fourth-order valence-corrected chi connectivity index (χ4v) is 2.65. The van der Waals surface area contributed by atoms with Gasteiger partial charge in [-0.25, -0.2) is 0 Å². The Hall–Kier alpha value is -0.900. The first-order chi connectivity index (χ1) is 7.68. The van der Waals surface area contributed by atoms with Gasteiger partial charge in [0.25, 0.3) is 0 Å². The molecule has 0 radical (unpaired) electrons. The minimum atomic E-state index is -0.00782. The van der Waals surface area contributed by atoms with Crippen molar-refractivity contribution < 1.29 is 9.59 Å². The first kappa shape index (κ1) is 11.6. The van der Waals surface area contributed by atoms with Crippen molar-refractivity contribution in [2.24, 2.45) is 0 Å². The smallest absolute Gasteiger partial charge is 0.236 e. The number of ketones is 1. The van der Waals surface area contributed by atoms with Crippen LogP contribution >= 0.6 is 0 Å². The van der Waals surface area contributed by atoms with Gasteiger partial charge in [0.15, 0.2) is 0 Å². The van der Waals surface area contributed by atoms with Crippen molar-refractivity contribution >= 4 is 11.7 Å². The van der Waals surface area contributed by atoms with Gasteiger partial charge in [-0.05, 0) is 32.7 Å². The maximum Gasteiger partial charge on any atom is 0.236 e. The summed E-state index contributed by atoms with van der Waals surface area (Å²) >= 11 is 0. The van der Waals surface area contributed by atoms with Crippen molar-refractivity contribution in [2.75, 3.05) is 26.7 Å². The molecule has 0 aromatic carbocycles. The molecule has 4 heteroatoms. The first-order valence-electron chi connectivity index (χ1n) is 6.19. The molecule has 1 aliphatic carbocycles. The Labute approximate surface area is 96.6 Å². The molecule has 1 unspecified atom stereocenters. The lowest BCUT2D eigenvalue weighted by atomic mass is 10.2. The Balaban J connectivity index is 1.83. The Morgan fingerprint density at radius 1 is 1.38 bits per heavy atom. The minimum absolute atomic E-state index is 0.00782. The predicted molar refractivity (Wildman–Crippen MR) is 61.1 cm³/mol. The van der Waals surface area contributed by atoms with Gasteiger partial charge < -0.3 is 4.90 Å². The number of Topliss-reactive ketones (excluding diaryl/α,β-unsaturated/α-hetero) is 1. The van der Waals surface area contributed by atoms with Crippen LogP contribution < -0.4 is 0 Å². The summed E-state index contributed by atoms with van der Waals surface area (Å²) in [6.45, 7) is 2.19. The molecule has 0 N–H and O–H groups in total. The highest BCUT2D eigenvalue weighted by Crippen LogP contribution is 2.19. The molecule has 2 fully saturated rings. The van der Waals surface area contributed by atoms with Gasteiger partial charge >= 0.3 is 0 Å². The van der Waals surface area contributed by atoms with Crippen LogP contribution in [0.1, 0.15) is 32.1 Å². The highest BCUT2D eigenvalue weighted by molar-refractivity contribution is 5.87. The van der Waals surface area contributed by atoms with Crippen molar-refractivity contribution in [2.45, 2.75) is 38.1 Å². The lowest BCUT2D eigenvalue weighted by Crippen LogP contribution is -2.43. The van der Waals surface area contributed by atoms with Gasteiger partial charge in [-0.15, -0.1) is 0 Å². The molecule has 1 aliphatic heterocycles. The van der Waals surface area contributed by atoms with Crippen LogP contribution in [0.3, 0.4) is 0 Å². The average Bonchev–Trinajstić information content (AvgIpc) is 2.86. The molecule has 1 amide bonds. The molecule has 0 aromatic rings. The van der Waals surface area contributed by atoms with Crippen LogP contribution in [0.5, 0.6) is 0 Å². The van der Waals surface area contributed by atoms with Crippen molar-refractivity contribution in [3.8, 4) is 0 Å². The zero-order valence-corrected chi connectivity index (χ0v) is 9.95. The van der Waals surface area contributed by atoms with E-state index in [9.17, 15) is 9.59 Å². The van der Waals surface area contributed by atoms with E-state index in [2.05, 4.69) is 0 Å². The van der Waals surface area contributed by atoms with Gasteiger partial charge in [-0.2, -0.15) is 0 Å². The van der Waals surface area contributed by atoms with Gasteiger partial charge in [0.2, 0.25) is 5.91 Å². The third-order valence-corrected chi connectivity index (χ3v) is 3.65. The summed E-state index contributed by atoms with van der Waals surface area (Å²) in [5.74, 6) is 0.483. The van der Waals surface area contributed by atoms with E-state index in [0.29, 0.717) is 18.7 Å². The molecule has 0 bridgehead atoms. The maximum atomic E-state index is 11.9. The second-order valence-corrected chi connectivity index (χ2v) is 4.88. The summed E-state index contributed by atoms with van der Waals surface area (Å²) < 4.78 is 0. The summed E-state index contributed by atoms with van der Waals surface area (Å²) in [7, 11) is 1.89. The molecule has 0 aromatic heterocycles. The second kappa shape index (κ2) is 4.95. The van der Waals surface area contributed by atoms with Crippen LogP contribution in [0.25, 0.3) is 0 Å². The zero-order valence-electron chi connectivity index (χ0n) is 9.95. The number of nitrogens with zero attached hydrogens (tertiary/aromatic N) is 2. The van der Waals surface area contributed by atoms with E-state index in [-0.39, 0.29) is 11.9 Å². The maximum absolute atomic E-state index is 11.9. The Morgan fingerprint density at radius 2 is 2.06 bits per heavy atom. The normalized spacial score (nSPS) is 25.8. The van der Waals surface area contributed by atoms with E-state index in [0.717, 1.165) is 38.8 Å². The quantitative estimate of drug-likeness (QED) is 0.707. The monoisotopic (exact) mass is 224 g/mol. The molecule has 1 saturated heterocycles. The second-order valence-electron chi connectivity index (χ2n) is 4.88. The van der Waals surface area contributed by atoms with E-state index in [1.165, 1.54) is 0 Å². The fourth-order valence-electron chi connectivity index (χ4n) is 2.65. The molecule has 1 heterocycles. The van der Waals surface area contributed by atoms with E-state index in [1.807, 2.05) is 16.8 Å². The Morgan fingerprint density at radius 3 is 2.62 bits per heavy atom. The molecule has 2 rings (SSSR count). The Kier molecular flexibility index (Phi) is 3.59. The number of carbonyl (C=O) groups excluding carboxylic acids is 2. The van der Waals surface area contributed by atoms with Gasteiger partial charge in [-0.3, -0.25) is 14.5 Å². The van der Waals surface area contributed by atoms with Gasteiger partial charge in [0.1, 0.15) is 5.78 Å². The number of hydrogen-bond acceptors (Lipinski definition) is 3. The van der Waals surface area contributed by atoms with Crippen molar-refractivity contribution in [1.82, 2.24) is 9.80 Å². The molecule has 90 valence electrons. The van der Waals surface area contributed by atoms with Gasteiger partial charge in [-0.1, -0.05) is 0 Å². The van der Waals surface area contributed by atoms with E-state index in [1.54, 1.807) is 0 Å². The molecule has 4 nitrogen and oxygen atoms in total. The first-order valence-corrected chi connectivity index (χ1v) is 6.19. The summed E-state index contributed by atoms with van der Waals surface area (Å²) in [6, 6.07) is -0.00782. The minimum Gasteiger partial charge on any atom is -0.342 e. The molecular formula is C12H20N2O2. The summed E-state index contributed by atoms with van der Waals surface area (Å²) in [5.41, 5.74) is 0. The highest BCUT2D eigenvalue weighted by atomic mass is 16.2. The van der Waals surface area contributed by atoms with Crippen molar-refractivity contribution in [1.29, 1.82) is 0 Å². The lowest BCUT2D eigenvalue weighted by molar-refractivity contribution is -0.132. The molecule has 2 aliphatic rings. The molecule has 1 atom stereocenters. The van der Waals surface area contributed by atoms with Crippen LogP contribution in [-0.2, 0) is 9.59 Å². The van der Waals surface area contributed by atoms with Gasteiger partial charge in [0, 0.05) is 19.5 Å². The molecule has 1 saturated carbocycles. The summed E-state index contributed by atoms with van der Waals surface area (Å²) in [6.07, 6.45) is 4.83. The van der Waals surface area contributed by atoms with Crippen molar-refractivity contribution in [3.63, 3.8) is 0 Å². The number of likely N-dealkylation sites (tertiary alicyclic amines) is 1. The fraction of sp³-hybridized carbons (Fsp3) is 0.833. The van der Waals surface area contributed by atoms with Crippen LogP contribution in [0.2, 0.25) is 0 Å². The third-order valence-electron chi connectivity index (χ3n) is 3.65. The zero-order chi connectivity index (χ0) is 11.5.